The summed E-state index contributed by atoms with van der Waals surface area (Å²) in [7, 11) is 38.8. The van der Waals surface area contributed by atoms with E-state index >= 15 is 0 Å². The zero-order chi connectivity index (χ0) is 102. The van der Waals surface area contributed by atoms with E-state index in [9.17, 15) is 14.4 Å². The van der Waals surface area contributed by atoms with Crippen molar-refractivity contribution < 1.29 is 141 Å². The Labute approximate surface area is 941 Å². The van der Waals surface area contributed by atoms with E-state index in [4.69, 9.17) is 4.74 Å². The molecule has 0 aromatic carbocycles. The number of ether oxygens (including phenoxy) is 2. The van der Waals surface area contributed by atoms with Gasteiger partial charge in [0.2, 0.25) is 11.9 Å². The van der Waals surface area contributed by atoms with Crippen LogP contribution in [0.15, 0.2) is 30.0 Å². The maximum absolute atomic E-state index is 11.9. The van der Waals surface area contributed by atoms with Crippen LogP contribution >= 0.6 is 0 Å². The SMILES string of the molecule is C.C.C.C.C.CN1CCN=C1CCC(C)(C)C.CN1CCN=C1N(C)CCC(C)(C)C.CN=C(CCC(C)(C)C)N(C)C.CN=C(N(C)C)N(C)C(=O)CC(C)(C)C.CN=C([N-]C)N(C)CCC(C)(C)C.COC(=O)N(C)CC(C)(C)C.COCC[N-]CC(C)(C)C.C[N-]C(=O)N(C)CCC(C)(C)C.C[N-]C(C)=NCCC(C)(C)C.C[N-]CCC(C)(C)C.C[N-]CCCC(C)(C)C.[Rh].[Rh].[Rh].[Rh].[Rh].[Rh]. The summed E-state index contributed by atoms with van der Waals surface area (Å²) < 4.78 is 9.41. The average Bonchev–Trinajstić information content (AvgIpc) is 1.44. The molecule has 2 aliphatic heterocycles. The molecular weight excluding hydrogens is 2260 g/mol. The summed E-state index contributed by atoms with van der Waals surface area (Å²) in [6, 6.07) is -0.140. The number of rotatable bonds is 23. The first-order valence-electron chi connectivity index (χ1n) is 46.7. The first-order valence-corrected chi connectivity index (χ1v) is 46.7. The van der Waals surface area contributed by atoms with E-state index in [0.29, 0.717) is 62.2 Å². The second-order valence-corrected chi connectivity index (χ2v) is 47.1. The molecule has 2 heterocycles. The third-order valence-corrected chi connectivity index (χ3v) is 18.5. The molecule has 0 aliphatic carbocycles. The van der Waals surface area contributed by atoms with Crippen LogP contribution in [0.25, 0.3) is 31.9 Å². The summed E-state index contributed by atoms with van der Waals surface area (Å²) in [5, 5.41) is 24.0. The number of hydrogen-bond acceptors (Lipinski definition) is 14. The largest absolute Gasteiger partial charge is 0.665 e. The van der Waals surface area contributed by atoms with Gasteiger partial charge in [0.25, 0.3) is 0 Å². The minimum atomic E-state index is -0.278. The second kappa shape index (κ2) is 97.1. The molecule has 0 spiro atoms. The molecule has 0 atom stereocenters. The predicted octanol–water partition coefficient (Wildman–Crippen LogP) is 27.5. The van der Waals surface area contributed by atoms with Crippen LogP contribution in [0.3, 0.4) is 0 Å². The predicted molar refractivity (Wildman–Crippen MR) is 601 cm³/mol. The van der Waals surface area contributed by atoms with Gasteiger partial charge in [-0.05, 0) is 134 Å². The van der Waals surface area contributed by atoms with Crippen molar-refractivity contribution in [2.45, 2.75) is 350 Å². The van der Waals surface area contributed by atoms with Gasteiger partial charge in [0, 0.05) is 260 Å². The fourth-order valence-electron chi connectivity index (χ4n) is 10.4. The molecule has 4 amide bonds. The van der Waals surface area contributed by atoms with Gasteiger partial charge in [-0.3, -0.25) is 34.5 Å². The molecule has 0 N–H and O–H groups in total. The van der Waals surface area contributed by atoms with Gasteiger partial charge in [-0.15, -0.1) is 26.2 Å². The Bertz CT molecular complexity index is 2910. The molecule has 2 aliphatic rings. The van der Waals surface area contributed by atoms with E-state index in [2.05, 4.69) is 341 Å². The molecule has 26 nitrogen and oxygen atoms in total. The van der Waals surface area contributed by atoms with Crippen molar-refractivity contribution in [1.82, 2.24) is 44.1 Å². The maximum atomic E-state index is 11.9. The normalized spacial score (nSPS) is 12.3. The van der Waals surface area contributed by atoms with Crippen LogP contribution in [0.2, 0.25) is 0 Å². The fourth-order valence-corrected chi connectivity index (χ4v) is 10.4. The quantitative estimate of drug-likeness (QED) is 0.0402. The Morgan fingerprint density at radius 2 is 0.833 bits per heavy atom. The maximum Gasteiger partial charge on any atom is 0.409 e. The minimum Gasteiger partial charge on any atom is -0.665 e. The standard InChI is InChI=1S/C11H23N3O.C11H23N3.C10H22N3.C10H20N2.C10H22N2.C9H20N2O.C9H19N2.C8H17NO2.C8H18NO.C8H18N.C7H16N.5CH4.6Rh/c1-11(2,3)8-9(15)14(7)10(12-4)13(5)6;1-11(2,3)6-8-13(4)10-12-7-9-14(10)5;1-10(2,3)7-8-13(6)9(11-4)12-5;1-10(2,3)6-5-9-11-7-8-12(9)4;1-10(2,3)8-7-9(11-4)12(5)6;1-9(2,3)6-7-11(5)8(12)10-4;1-8(10-5)11-7-6-9(2,3)4;1-8(2,3)6-9(4)7(10)11-5;1-8(2,3)7-9-5-6-10-4;1-8(2,3)6-5-7-9-4;1-7(2,3)5-6-8-4;;;;;;;;;;;/h8H2,1-7H3;6-9H2,1-5H3;7-8H2,1-6H3;5-8H2,1-4H3;7-8H2,1-6H3;6-7H2,1-5H3,(H,10,12);6-7H2,1-5H3;6H2,1-5H3;5-7H2,1-4H3;5-7H2,1-4H3;5-6H2,1-4H3;5*1H4;;;;;;/q;;-1;;;;-1;;3*-1;;;;;;;;;;;/p-1. The van der Waals surface area contributed by atoms with Gasteiger partial charge in [-0.1, -0.05) is 324 Å². The van der Waals surface area contributed by atoms with Crippen LogP contribution in [-0.4, -0.2) is 337 Å². The third kappa shape index (κ3) is 142. The Morgan fingerprint density at radius 1 is 0.428 bits per heavy atom. The third-order valence-electron chi connectivity index (χ3n) is 18.5. The molecular formula is C106H237N21O5Rh6-6. The number of carbonyl (C=O) groups excluding carboxylic acids is 3. The van der Waals surface area contributed by atoms with Gasteiger partial charge in [0.15, 0.2) is 12.0 Å². The molecule has 6 radical (unpaired) electrons. The molecule has 0 unspecified atom stereocenters. The summed E-state index contributed by atoms with van der Waals surface area (Å²) >= 11 is 0. The Hall–Kier alpha value is -1.99. The van der Waals surface area contributed by atoms with Crippen LogP contribution in [0.1, 0.15) is 350 Å². The van der Waals surface area contributed by atoms with E-state index in [-0.39, 0.29) is 188 Å². The molecule has 0 saturated heterocycles. The molecule has 0 aromatic heterocycles. The van der Waals surface area contributed by atoms with Crippen LogP contribution in [-0.2, 0) is 131 Å². The van der Waals surface area contributed by atoms with Crippen LogP contribution in [0, 0.1) is 59.6 Å². The van der Waals surface area contributed by atoms with Crippen LogP contribution in [0.4, 0.5) is 9.59 Å². The zero-order valence-corrected chi connectivity index (χ0v) is 107. The molecule has 0 saturated carbocycles. The van der Waals surface area contributed by atoms with Gasteiger partial charge >= 0.3 is 6.09 Å². The van der Waals surface area contributed by atoms with Crippen LogP contribution < -0.4 is 0 Å². The monoisotopic (exact) mass is 2500 g/mol. The molecule has 2 rings (SSSR count). The number of nitrogens with zero attached hydrogens (tertiary/aromatic N) is 21. The smallest absolute Gasteiger partial charge is 0.409 e. The van der Waals surface area contributed by atoms with Gasteiger partial charge in [-0.2, -0.15) is 14.1 Å². The van der Waals surface area contributed by atoms with E-state index in [1.165, 1.54) is 64.4 Å². The number of guanidine groups is 3. The fraction of sp³-hybridized carbons (Fsp3) is 0.915. The Morgan fingerprint density at radius 3 is 1.12 bits per heavy atom. The summed E-state index contributed by atoms with van der Waals surface area (Å²) in [6.45, 7) is 87.8. The molecule has 0 fully saturated rings. The summed E-state index contributed by atoms with van der Waals surface area (Å²) in [5.41, 5.74) is 3.71. The number of carbonyl (C=O) groups is 3. The van der Waals surface area contributed by atoms with Gasteiger partial charge in [0.1, 0.15) is 0 Å². The molecule has 856 valence electrons. The summed E-state index contributed by atoms with van der Waals surface area (Å²) in [4.78, 5) is 77.0. The number of likely N-dealkylation sites (N-methyl/N-ethyl adjacent to an activating group) is 2. The van der Waals surface area contributed by atoms with Crippen molar-refractivity contribution >= 4 is 53.4 Å². The van der Waals surface area contributed by atoms with Gasteiger partial charge in [0.05, 0.1) is 31.9 Å². The first-order chi connectivity index (χ1) is 57.2. The van der Waals surface area contributed by atoms with E-state index in [0.717, 1.165) is 135 Å². The number of urea groups is 1. The summed E-state index contributed by atoms with van der Waals surface area (Å²) in [5.74, 6) is 6.13. The topological polar surface area (TPSA) is 258 Å². The van der Waals surface area contributed by atoms with Crippen molar-refractivity contribution in [1.29, 1.82) is 0 Å². The van der Waals surface area contributed by atoms with Gasteiger partial charge < -0.3 is 90.6 Å². The zero-order valence-electron chi connectivity index (χ0n) is 96.8. The summed E-state index contributed by atoms with van der Waals surface area (Å²) in [6.07, 6.45) is 13.1. The van der Waals surface area contributed by atoms with Crippen molar-refractivity contribution in [3.63, 3.8) is 0 Å². The van der Waals surface area contributed by atoms with Crippen molar-refractivity contribution in [2.24, 2.45) is 89.5 Å². The Balaban J connectivity index is -0.0000000614. The van der Waals surface area contributed by atoms with Crippen LogP contribution in [0.5, 0.6) is 0 Å². The minimum absolute atomic E-state index is 0. The van der Waals surface area contributed by atoms with Crippen molar-refractivity contribution in [3.8, 4) is 0 Å². The number of amidine groups is 3. The van der Waals surface area contributed by atoms with Crippen molar-refractivity contribution in [3.05, 3.63) is 31.9 Å². The van der Waals surface area contributed by atoms with E-state index in [1.807, 2.05) is 68.2 Å². The number of methoxy groups -OCH3 is 2. The Kier molecular flexibility index (Phi) is 130. The van der Waals surface area contributed by atoms with E-state index < -0.39 is 0 Å². The first kappa shape index (κ1) is 184. The number of aliphatic imine (C=N–C) groups is 6. The van der Waals surface area contributed by atoms with Crippen molar-refractivity contribution in [2.75, 3.05) is 240 Å². The number of amides is 4. The molecule has 0 aromatic rings. The molecule has 32 heteroatoms. The van der Waals surface area contributed by atoms with Gasteiger partial charge in [-0.25, -0.2) is 4.79 Å². The average molecular weight is 2500 g/mol. The van der Waals surface area contributed by atoms with E-state index in [1.54, 1.807) is 71.1 Å². The number of hydrogen-bond donors (Lipinski definition) is 0. The molecule has 138 heavy (non-hydrogen) atoms. The second-order valence-electron chi connectivity index (χ2n) is 47.1. The molecule has 0 bridgehead atoms.